The highest BCUT2D eigenvalue weighted by Gasteiger charge is 2.07. The van der Waals surface area contributed by atoms with Crippen molar-refractivity contribution < 1.29 is 4.52 Å². The first-order valence-electron chi connectivity index (χ1n) is 4.86. The van der Waals surface area contributed by atoms with Gasteiger partial charge in [0, 0.05) is 26.5 Å². The van der Waals surface area contributed by atoms with Crippen LogP contribution in [0.3, 0.4) is 0 Å². The Kier molecular flexibility index (Phi) is 3.52. The van der Waals surface area contributed by atoms with Gasteiger partial charge in [0.05, 0.1) is 11.0 Å². The van der Waals surface area contributed by atoms with Gasteiger partial charge in [-0.2, -0.15) is 4.98 Å². The van der Waals surface area contributed by atoms with Gasteiger partial charge in [0.25, 0.3) is 5.95 Å². The van der Waals surface area contributed by atoms with Crippen LogP contribution in [0.15, 0.2) is 21.4 Å². The van der Waals surface area contributed by atoms with Crippen molar-refractivity contribution in [2.75, 3.05) is 24.3 Å². The topological polar surface area (TPSA) is 80.0 Å². The van der Waals surface area contributed by atoms with Crippen molar-refractivity contribution in [2.24, 2.45) is 0 Å². The third kappa shape index (κ3) is 3.13. The van der Waals surface area contributed by atoms with E-state index >= 15 is 0 Å². The summed E-state index contributed by atoms with van der Waals surface area (Å²) >= 11 is 3.26. The maximum Gasteiger partial charge on any atom is 0.265 e. The fourth-order valence-electron chi connectivity index (χ4n) is 1.06. The van der Waals surface area contributed by atoms with Crippen molar-refractivity contribution in [2.45, 2.75) is 6.54 Å². The fourth-order valence-corrected chi connectivity index (χ4v) is 1.26. The minimum atomic E-state index is 0.391. The zero-order chi connectivity index (χ0) is 12.3. The molecule has 1 N–H and O–H groups in total. The molecule has 0 atom stereocenters. The number of rotatable bonds is 4. The summed E-state index contributed by atoms with van der Waals surface area (Å²) in [5, 5.41) is 6.78. The van der Waals surface area contributed by atoms with Crippen LogP contribution in [-0.2, 0) is 6.54 Å². The second-order valence-corrected chi connectivity index (χ2v) is 4.38. The monoisotopic (exact) mass is 298 g/mol. The van der Waals surface area contributed by atoms with Crippen molar-refractivity contribution in [1.82, 2.24) is 20.1 Å². The number of aromatic nitrogens is 4. The van der Waals surface area contributed by atoms with Crippen LogP contribution in [0.5, 0.6) is 0 Å². The van der Waals surface area contributed by atoms with E-state index in [-0.39, 0.29) is 0 Å². The van der Waals surface area contributed by atoms with E-state index in [1.165, 1.54) is 0 Å². The van der Waals surface area contributed by atoms with E-state index in [1.54, 1.807) is 17.3 Å². The van der Waals surface area contributed by atoms with E-state index in [4.69, 9.17) is 4.52 Å². The van der Waals surface area contributed by atoms with Crippen LogP contribution < -0.4 is 10.2 Å². The lowest BCUT2D eigenvalue weighted by Crippen LogP contribution is -2.10. The number of hydrogen-bond donors (Lipinski definition) is 1. The van der Waals surface area contributed by atoms with Crippen molar-refractivity contribution in [3.63, 3.8) is 0 Å². The third-order valence-electron chi connectivity index (χ3n) is 1.88. The van der Waals surface area contributed by atoms with Crippen molar-refractivity contribution in [1.29, 1.82) is 0 Å². The van der Waals surface area contributed by atoms with Crippen molar-refractivity contribution in [3.05, 3.63) is 22.8 Å². The van der Waals surface area contributed by atoms with Crippen LogP contribution in [0, 0.1) is 0 Å². The van der Waals surface area contributed by atoms with Gasteiger partial charge in [-0.15, -0.1) is 0 Å². The second-order valence-electron chi connectivity index (χ2n) is 3.46. The Bertz CT molecular complexity index is 482. The molecule has 0 bridgehead atoms. The quantitative estimate of drug-likeness (QED) is 0.911. The molecule has 0 aliphatic carbocycles. The molecule has 0 amide bonds. The van der Waals surface area contributed by atoms with Crippen LogP contribution in [-0.4, -0.2) is 34.2 Å². The maximum absolute atomic E-state index is 5.04. The molecule has 2 rings (SSSR count). The van der Waals surface area contributed by atoms with E-state index < -0.39 is 0 Å². The summed E-state index contributed by atoms with van der Waals surface area (Å²) in [4.78, 5) is 14.1. The lowest BCUT2D eigenvalue weighted by molar-refractivity contribution is 0.383. The Hall–Kier alpha value is -1.70. The predicted molar refractivity (Wildman–Crippen MR) is 65.7 cm³/mol. The predicted octanol–water partition coefficient (Wildman–Crippen LogP) is 1.30. The van der Waals surface area contributed by atoms with Crippen molar-refractivity contribution in [3.8, 4) is 0 Å². The molecule has 0 radical (unpaired) electrons. The van der Waals surface area contributed by atoms with Crippen LogP contribution >= 0.6 is 15.9 Å². The molecule has 0 spiro atoms. The Morgan fingerprint density at radius 2 is 2.06 bits per heavy atom. The molecule has 7 nitrogen and oxygen atoms in total. The zero-order valence-electron chi connectivity index (χ0n) is 9.38. The minimum absolute atomic E-state index is 0.391. The molecule has 0 unspecified atom stereocenters. The van der Waals surface area contributed by atoms with Gasteiger partial charge in [-0.3, -0.25) is 0 Å². The van der Waals surface area contributed by atoms with Gasteiger partial charge in [0.1, 0.15) is 0 Å². The van der Waals surface area contributed by atoms with E-state index in [0.717, 1.165) is 4.47 Å². The maximum atomic E-state index is 5.04. The van der Waals surface area contributed by atoms with Gasteiger partial charge in [-0.25, -0.2) is 9.97 Å². The lowest BCUT2D eigenvalue weighted by atomic mass is 10.6. The van der Waals surface area contributed by atoms with Gasteiger partial charge in [-0.05, 0) is 21.1 Å². The number of halogens is 1. The summed E-state index contributed by atoms with van der Waals surface area (Å²) < 4.78 is 5.87. The van der Waals surface area contributed by atoms with Crippen LogP contribution in [0.1, 0.15) is 5.89 Å². The molecule has 0 aromatic carbocycles. The second kappa shape index (κ2) is 5.09. The highest BCUT2D eigenvalue weighted by Crippen LogP contribution is 2.09. The molecule has 0 aliphatic rings. The molecule has 0 aliphatic heterocycles. The number of hydrogen-bond acceptors (Lipinski definition) is 7. The molecule has 8 heteroatoms. The number of nitrogens with zero attached hydrogens (tertiary/aromatic N) is 5. The highest BCUT2D eigenvalue weighted by atomic mass is 79.9. The normalized spacial score (nSPS) is 10.3. The highest BCUT2D eigenvalue weighted by molar-refractivity contribution is 9.10. The summed E-state index contributed by atoms with van der Waals surface area (Å²) in [6.07, 6.45) is 3.32. The molecular formula is C9H11BrN6O. The van der Waals surface area contributed by atoms with E-state index in [9.17, 15) is 0 Å². The number of anilines is 2. The molecular weight excluding hydrogens is 288 g/mol. The molecule has 0 saturated heterocycles. The van der Waals surface area contributed by atoms with E-state index in [1.807, 2.05) is 14.1 Å². The van der Waals surface area contributed by atoms with Gasteiger partial charge >= 0.3 is 0 Å². The van der Waals surface area contributed by atoms with Crippen molar-refractivity contribution >= 4 is 27.8 Å². The van der Waals surface area contributed by atoms with Gasteiger partial charge in [0.15, 0.2) is 0 Å². The van der Waals surface area contributed by atoms with Crippen LogP contribution in [0.2, 0.25) is 0 Å². The SMILES string of the molecule is CN(C)c1noc(CNc2ncc(Br)cn2)n1. The molecule has 0 saturated carbocycles. The number of nitrogens with one attached hydrogen (secondary N) is 1. The van der Waals surface area contributed by atoms with E-state index in [0.29, 0.717) is 24.3 Å². The van der Waals surface area contributed by atoms with Crippen LogP contribution in [0.4, 0.5) is 11.9 Å². The zero-order valence-corrected chi connectivity index (χ0v) is 11.0. The summed E-state index contributed by atoms with van der Waals surface area (Å²) in [5.41, 5.74) is 0. The Morgan fingerprint density at radius 3 is 2.65 bits per heavy atom. The van der Waals surface area contributed by atoms with Gasteiger partial charge in [-0.1, -0.05) is 0 Å². The summed E-state index contributed by atoms with van der Waals surface area (Å²) in [5.74, 6) is 1.54. The fraction of sp³-hybridized carbons (Fsp3) is 0.333. The minimum Gasteiger partial charge on any atom is -0.345 e. The van der Waals surface area contributed by atoms with E-state index in [2.05, 4.69) is 41.4 Å². The largest absolute Gasteiger partial charge is 0.345 e. The Morgan fingerprint density at radius 1 is 1.35 bits per heavy atom. The molecule has 0 fully saturated rings. The van der Waals surface area contributed by atoms with Gasteiger partial charge < -0.3 is 14.7 Å². The first-order chi connectivity index (χ1) is 8.15. The molecule has 2 heterocycles. The first-order valence-corrected chi connectivity index (χ1v) is 5.66. The molecule has 2 aromatic rings. The molecule has 90 valence electrons. The smallest absolute Gasteiger partial charge is 0.265 e. The standard InChI is InChI=1S/C9H11BrN6O/c1-16(2)9-14-7(17-15-9)5-13-8-11-3-6(10)4-12-8/h3-4H,5H2,1-2H3,(H,11,12,13). The average Bonchev–Trinajstić information content (AvgIpc) is 2.77. The summed E-state index contributed by atoms with van der Waals surface area (Å²) in [6.45, 7) is 0.391. The van der Waals surface area contributed by atoms with Gasteiger partial charge in [0.2, 0.25) is 11.8 Å². The lowest BCUT2D eigenvalue weighted by Gasteiger charge is -2.02. The van der Waals surface area contributed by atoms with Crippen LogP contribution in [0.25, 0.3) is 0 Å². The third-order valence-corrected chi connectivity index (χ3v) is 2.28. The summed E-state index contributed by atoms with van der Waals surface area (Å²) in [7, 11) is 3.69. The average molecular weight is 299 g/mol. The molecule has 17 heavy (non-hydrogen) atoms. The Balaban J connectivity index is 1.95. The summed E-state index contributed by atoms with van der Waals surface area (Å²) in [6, 6.07) is 0. The Labute approximate surface area is 106 Å². The first kappa shape index (κ1) is 11.8. The molecule has 2 aromatic heterocycles.